The van der Waals surface area contributed by atoms with Crippen LogP contribution in [0.3, 0.4) is 0 Å². The van der Waals surface area contributed by atoms with Crippen LogP contribution in [0.4, 0.5) is 9.59 Å². The number of aromatic amines is 2. The maximum atomic E-state index is 12.2. The quantitative estimate of drug-likeness (QED) is 0.132. The van der Waals surface area contributed by atoms with Gasteiger partial charge in [-0.25, -0.2) is 9.59 Å². The Bertz CT molecular complexity index is 3000. The first kappa shape index (κ1) is 66.6. The molecule has 16 nitrogen and oxygen atoms in total. The Kier molecular flexibility index (Phi) is 25.8. The van der Waals surface area contributed by atoms with E-state index in [1.165, 1.54) is 56.7 Å². The topological polar surface area (TPSA) is 184 Å². The molecule has 4 N–H and O–H groups in total. The molecule has 0 saturated carbocycles. The predicted octanol–water partition coefficient (Wildman–Crippen LogP) is 14.8. The van der Waals surface area contributed by atoms with Gasteiger partial charge in [0.15, 0.2) is 0 Å². The highest BCUT2D eigenvalue weighted by Gasteiger charge is 2.29. The number of phenols is 1. The molecule has 0 unspecified atom stereocenters. The molecular formula is C62H94ClN11O5. The number of nitrogens with zero attached hydrogens (tertiary/aromatic N) is 8. The number of benzene rings is 4. The number of fused-ring (bicyclic) bond motifs is 4. The molecule has 434 valence electrons. The van der Waals surface area contributed by atoms with Gasteiger partial charge in [-0.3, -0.25) is 19.6 Å². The molecule has 7 heterocycles. The molecule has 0 bridgehead atoms. The SMILES string of the molecule is C.C.C.CC1CCN(C(=O)OC(C)(C)C)CC1.CCc1ccc2c(cnn2C2CCN(C(=O)OC(C)(C)C)CC2)c1.CCc1ccc2c(cnn2C2CCNCC2)c1.Cc1ccc2[nH]ncc2c1.Cl.Oc1ccc2[nH]ncc2c1. The van der Waals surface area contributed by atoms with Crippen LogP contribution in [0, 0.1) is 12.8 Å². The number of halogens is 1. The maximum Gasteiger partial charge on any atom is 0.410 e. The first-order valence-corrected chi connectivity index (χ1v) is 27.0. The Morgan fingerprint density at radius 1 is 0.582 bits per heavy atom. The zero-order valence-corrected chi connectivity index (χ0v) is 47.3. The van der Waals surface area contributed by atoms with Crippen LogP contribution in [-0.2, 0) is 22.3 Å². The summed E-state index contributed by atoms with van der Waals surface area (Å²) < 4.78 is 15.1. The molecule has 3 aliphatic rings. The largest absolute Gasteiger partial charge is 0.508 e. The fraction of sp³-hybridized carbons (Fsp3) is 0.516. The van der Waals surface area contributed by atoms with Crippen molar-refractivity contribution in [1.82, 2.24) is 55.1 Å². The lowest BCUT2D eigenvalue weighted by molar-refractivity contribution is 0.0177. The number of likely N-dealkylation sites (tertiary alicyclic amines) is 2. The summed E-state index contributed by atoms with van der Waals surface area (Å²) in [5, 5.41) is 39.6. The molecule has 17 heteroatoms. The predicted molar refractivity (Wildman–Crippen MR) is 328 cm³/mol. The van der Waals surface area contributed by atoms with Gasteiger partial charge in [0.1, 0.15) is 17.0 Å². The van der Waals surface area contributed by atoms with E-state index in [-0.39, 0.29) is 58.2 Å². The van der Waals surface area contributed by atoms with Crippen molar-refractivity contribution >= 4 is 68.2 Å². The van der Waals surface area contributed by atoms with E-state index in [2.05, 4.69) is 121 Å². The zero-order chi connectivity index (χ0) is 53.7. The van der Waals surface area contributed by atoms with Crippen LogP contribution in [0.15, 0.2) is 97.6 Å². The third kappa shape index (κ3) is 19.3. The molecule has 3 saturated heterocycles. The van der Waals surface area contributed by atoms with Crippen LogP contribution in [-0.4, -0.2) is 118 Å². The highest BCUT2D eigenvalue weighted by Crippen LogP contribution is 2.29. The number of ether oxygens (including phenoxy) is 2. The van der Waals surface area contributed by atoms with Crippen molar-refractivity contribution < 1.29 is 24.2 Å². The Hall–Kier alpha value is -6.65. The van der Waals surface area contributed by atoms with E-state index in [4.69, 9.17) is 14.6 Å². The molecule has 4 aromatic heterocycles. The van der Waals surface area contributed by atoms with Gasteiger partial charge in [-0.1, -0.05) is 66.8 Å². The number of carbonyl (C=O) groups excluding carboxylic acids is 2. The van der Waals surface area contributed by atoms with Gasteiger partial charge in [-0.2, -0.15) is 20.4 Å². The maximum absolute atomic E-state index is 12.2. The molecule has 11 rings (SSSR count). The first-order chi connectivity index (χ1) is 35.9. The number of piperidine rings is 3. The summed E-state index contributed by atoms with van der Waals surface area (Å²) in [6.07, 6.45) is 15.6. The number of carbonyl (C=O) groups is 2. The molecule has 0 spiro atoms. The van der Waals surface area contributed by atoms with Crippen LogP contribution < -0.4 is 5.32 Å². The van der Waals surface area contributed by atoms with Crippen molar-refractivity contribution in [3.8, 4) is 5.75 Å². The summed E-state index contributed by atoms with van der Waals surface area (Å²) in [5.74, 6) is 1.02. The Labute approximate surface area is 476 Å². The molecule has 3 aliphatic heterocycles. The minimum atomic E-state index is -0.441. The molecule has 79 heavy (non-hydrogen) atoms. The molecule has 2 amide bonds. The zero-order valence-electron chi connectivity index (χ0n) is 46.4. The number of hydrogen-bond donors (Lipinski definition) is 4. The average molecular weight is 1110 g/mol. The summed E-state index contributed by atoms with van der Waals surface area (Å²) >= 11 is 0. The number of H-pyrrole nitrogens is 2. The second kappa shape index (κ2) is 30.6. The molecule has 3 fully saturated rings. The van der Waals surface area contributed by atoms with E-state index in [1.54, 1.807) is 24.4 Å². The Morgan fingerprint density at radius 3 is 1.47 bits per heavy atom. The molecule has 8 aromatic rings. The molecule has 4 aromatic carbocycles. The number of aromatic hydroxyl groups is 1. The number of phenolic OH excluding ortho intramolecular Hbond substituents is 1. The van der Waals surface area contributed by atoms with Gasteiger partial charge in [0.05, 0.1) is 58.9 Å². The number of rotatable bonds is 4. The summed E-state index contributed by atoms with van der Waals surface area (Å²) in [4.78, 5) is 27.4. The lowest BCUT2D eigenvalue weighted by atomic mass is 10.00. The van der Waals surface area contributed by atoms with E-state index in [0.717, 1.165) is 87.0 Å². The minimum absolute atomic E-state index is 0. The number of aromatic nitrogens is 8. The van der Waals surface area contributed by atoms with Crippen LogP contribution in [0.2, 0.25) is 0 Å². The molecular weight excluding hydrogens is 1010 g/mol. The summed E-state index contributed by atoms with van der Waals surface area (Å²) in [6, 6.07) is 25.5. The average Bonchev–Trinajstić information content (AvgIpc) is 4.27. The van der Waals surface area contributed by atoms with Crippen LogP contribution in [0.25, 0.3) is 43.6 Å². The van der Waals surface area contributed by atoms with Gasteiger partial charge in [0.2, 0.25) is 0 Å². The number of hydrogen-bond acceptors (Lipinski definition) is 10. The third-order valence-electron chi connectivity index (χ3n) is 13.7. The smallest absolute Gasteiger partial charge is 0.410 e. The monoisotopic (exact) mass is 1110 g/mol. The van der Waals surface area contributed by atoms with Gasteiger partial charge in [-0.05, 0) is 185 Å². The number of aryl methyl sites for hydroxylation is 3. The standard InChI is InChI=1S/C19H27N3O2.C14H19N3.C11H21NO2.C8H8N2.C7H6N2O.3CH4.ClH/c1-5-14-6-7-17-15(12-14)13-20-22(17)16-8-10-21(11-9-16)18(23)24-19(2,3)4;1-2-11-3-4-14-12(9-11)10-16-17(14)13-5-7-15-8-6-13;1-9-5-7-12(8-6-9)10(13)14-11(2,3)4;1-6-2-3-8-7(4-6)5-9-10-8;10-6-1-2-7-5(3-6)4-8-9-7;;;;/h6-7,12-13,16H,5,8-11H2,1-4H3;3-4,9-10,13,15H,2,5-8H2,1H3;9H,5-8H2,1-4H3;2-5H,1H3,(H,9,10);1-4,10H,(H,8,9);3*1H4;1H. The van der Waals surface area contributed by atoms with Gasteiger partial charge < -0.3 is 29.7 Å². The van der Waals surface area contributed by atoms with Crippen molar-refractivity contribution in [2.24, 2.45) is 5.92 Å². The lowest BCUT2D eigenvalue weighted by Gasteiger charge is -2.33. The van der Waals surface area contributed by atoms with E-state index < -0.39 is 5.60 Å². The normalized spacial score (nSPS) is 15.0. The Balaban J connectivity index is 0.000000266. The second-order valence-corrected chi connectivity index (χ2v) is 22.1. The van der Waals surface area contributed by atoms with Gasteiger partial charge >= 0.3 is 12.2 Å². The van der Waals surface area contributed by atoms with Crippen LogP contribution in [0.1, 0.15) is 152 Å². The number of amides is 2. The second-order valence-electron chi connectivity index (χ2n) is 22.1. The highest BCUT2D eigenvalue weighted by atomic mass is 35.5. The van der Waals surface area contributed by atoms with Gasteiger partial charge in [0, 0.05) is 47.7 Å². The van der Waals surface area contributed by atoms with E-state index >= 15 is 0 Å². The van der Waals surface area contributed by atoms with Crippen LogP contribution >= 0.6 is 12.4 Å². The summed E-state index contributed by atoms with van der Waals surface area (Å²) in [6.45, 7) is 25.4. The highest BCUT2D eigenvalue weighted by molar-refractivity contribution is 5.85. The fourth-order valence-electron chi connectivity index (χ4n) is 9.41. The van der Waals surface area contributed by atoms with E-state index in [1.807, 2.05) is 76.0 Å². The van der Waals surface area contributed by atoms with Crippen molar-refractivity contribution in [3.05, 3.63) is 114 Å². The van der Waals surface area contributed by atoms with Gasteiger partial charge in [-0.15, -0.1) is 12.4 Å². The first-order valence-electron chi connectivity index (χ1n) is 27.0. The number of nitrogens with one attached hydrogen (secondary N) is 3. The third-order valence-corrected chi connectivity index (χ3v) is 13.7. The Morgan fingerprint density at radius 2 is 1.01 bits per heavy atom. The molecule has 0 atom stereocenters. The molecule has 0 radical (unpaired) electrons. The lowest BCUT2D eigenvalue weighted by Crippen LogP contribution is -2.42. The van der Waals surface area contributed by atoms with E-state index in [0.29, 0.717) is 25.2 Å². The van der Waals surface area contributed by atoms with Crippen molar-refractivity contribution in [3.63, 3.8) is 0 Å². The summed E-state index contributed by atoms with van der Waals surface area (Å²) in [7, 11) is 0. The summed E-state index contributed by atoms with van der Waals surface area (Å²) in [5.41, 5.74) is 7.70. The van der Waals surface area contributed by atoms with Crippen molar-refractivity contribution in [2.45, 2.75) is 166 Å². The van der Waals surface area contributed by atoms with Crippen molar-refractivity contribution in [1.29, 1.82) is 0 Å². The van der Waals surface area contributed by atoms with Crippen molar-refractivity contribution in [2.75, 3.05) is 39.3 Å². The van der Waals surface area contributed by atoms with Gasteiger partial charge in [0.25, 0.3) is 0 Å². The fourth-order valence-corrected chi connectivity index (χ4v) is 9.41. The molecule has 0 aliphatic carbocycles. The van der Waals surface area contributed by atoms with Crippen LogP contribution in [0.5, 0.6) is 5.75 Å². The minimum Gasteiger partial charge on any atom is -0.508 e. The van der Waals surface area contributed by atoms with E-state index in [9.17, 15) is 9.59 Å².